The minimum atomic E-state index is 0.384. The van der Waals surface area contributed by atoms with Crippen molar-refractivity contribution in [3.05, 3.63) is 29.4 Å². The van der Waals surface area contributed by atoms with Gasteiger partial charge in [-0.2, -0.15) is 0 Å². The van der Waals surface area contributed by atoms with E-state index in [1.54, 1.807) is 7.11 Å². The van der Waals surface area contributed by atoms with Crippen molar-refractivity contribution < 1.29 is 9.47 Å². The van der Waals surface area contributed by atoms with E-state index < -0.39 is 0 Å². The van der Waals surface area contributed by atoms with Gasteiger partial charge in [0.05, 0.1) is 6.61 Å². The van der Waals surface area contributed by atoms with Crippen molar-refractivity contribution in [2.24, 2.45) is 0 Å². The molecule has 16 heavy (non-hydrogen) atoms. The quantitative estimate of drug-likeness (QED) is 0.767. The Labute approximate surface area is 98.1 Å². The van der Waals surface area contributed by atoms with Crippen LogP contribution in [0.25, 0.3) is 10.8 Å². The van der Waals surface area contributed by atoms with E-state index in [0.29, 0.717) is 24.2 Å². The summed E-state index contributed by atoms with van der Waals surface area (Å²) in [5.41, 5.74) is 0. The Kier molecular flexibility index (Phi) is 3.54. The fraction of sp³-hybridized carbons (Fsp3) is 0.273. The highest BCUT2D eigenvalue weighted by Crippen LogP contribution is 2.26. The third-order valence-corrected chi connectivity index (χ3v) is 2.41. The number of aromatic nitrogens is 2. The molecule has 0 aliphatic heterocycles. The molecule has 0 bridgehead atoms. The molecule has 0 saturated heterocycles. The fourth-order valence-electron chi connectivity index (χ4n) is 1.37. The second kappa shape index (κ2) is 5.09. The molecule has 2 aromatic rings. The van der Waals surface area contributed by atoms with Crippen LogP contribution in [-0.4, -0.2) is 30.5 Å². The van der Waals surface area contributed by atoms with E-state index in [1.807, 2.05) is 24.3 Å². The van der Waals surface area contributed by atoms with E-state index in [0.717, 1.165) is 10.8 Å². The minimum absolute atomic E-state index is 0.384. The Balaban J connectivity index is 2.35. The SMILES string of the molecule is COCCOc1nnc(Cl)c2ccccc12. The second-order valence-corrected chi connectivity index (χ2v) is 3.54. The van der Waals surface area contributed by atoms with Crippen molar-refractivity contribution in [1.29, 1.82) is 0 Å². The minimum Gasteiger partial charge on any atom is -0.474 e. The maximum atomic E-state index is 5.94. The average molecular weight is 239 g/mol. The highest BCUT2D eigenvalue weighted by atomic mass is 35.5. The zero-order chi connectivity index (χ0) is 11.4. The molecule has 1 aromatic carbocycles. The van der Waals surface area contributed by atoms with E-state index in [-0.39, 0.29) is 0 Å². The van der Waals surface area contributed by atoms with Crippen molar-refractivity contribution in [1.82, 2.24) is 10.2 Å². The molecule has 0 atom stereocenters. The van der Waals surface area contributed by atoms with Gasteiger partial charge >= 0.3 is 0 Å². The monoisotopic (exact) mass is 238 g/mol. The Morgan fingerprint density at radius 1 is 1.12 bits per heavy atom. The van der Waals surface area contributed by atoms with Crippen molar-refractivity contribution in [3.8, 4) is 5.88 Å². The first-order valence-electron chi connectivity index (χ1n) is 4.85. The van der Waals surface area contributed by atoms with E-state index in [2.05, 4.69) is 10.2 Å². The summed E-state index contributed by atoms with van der Waals surface area (Å²) in [6.45, 7) is 0.954. The number of hydrogen-bond acceptors (Lipinski definition) is 4. The number of methoxy groups -OCH3 is 1. The lowest BCUT2D eigenvalue weighted by atomic mass is 10.2. The maximum Gasteiger partial charge on any atom is 0.241 e. The zero-order valence-electron chi connectivity index (χ0n) is 8.81. The number of halogens is 1. The summed E-state index contributed by atoms with van der Waals surface area (Å²) in [5.74, 6) is 0.483. The Morgan fingerprint density at radius 2 is 1.88 bits per heavy atom. The highest BCUT2D eigenvalue weighted by Gasteiger charge is 2.07. The van der Waals surface area contributed by atoms with Crippen molar-refractivity contribution in [2.45, 2.75) is 0 Å². The van der Waals surface area contributed by atoms with Crippen LogP contribution >= 0.6 is 11.6 Å². The van der Waals surface area contributed by atoms with Crippen LogP contribution in [0.3, 0.4) is 0 Å². The molecule has 0 amide bonds. The molecule has 0 unspecified atom stereocenters. The molecule has 0 radical (unpaired) electrons. The van der Waals surface area contributed by atoms with Gasteiger partial charge in [-0.1, -0.05) is 29.8 Å². The summed E-state index contributed by atoms with van der Waals surface area (Å²) in [4.78, 5) is 0. The predicted octanol–water partition coefficient (Wildman–Crippen LogP) is 2.31. The molecule has 5 heteroatoms. The molecule has 0 spiro atoms. The number of hydrogen-bond donors (Lipinski definition) is 0. The lowest BCUT2D eigenvalue weighted by molar-refractivity contribution is 0.144. The van der Waals surface area contributed by atoms with Crippen LogP contribution in [-0.2, 0) is 4.74 Å². The first-order valence-corrected chi connectivity index (χ1v) is 5.23. The first-order chi connectivity index (χ1) is 7.83. The molecule has 0 N–H and O–H groups in total. The number of nitrogens with zero attached hydrogens (tertiary/aromatic N) is 2. The normalized spacial score (nSPS) is 10.6. The first kappa shape index (κ1) is 11.1. The van der Waals surface area contributed by atoms with Gasteiger partial charge in [0.25, 0.3) is 0 Å². The maximum absolute atomic E-state index is 5.94. The summed E-state index contributed by atoms with van der Waals surface area (Å²) in [5, 5.41) is 9.84. The molecule has 1 heterocycles. The van der Waals surface area contributed by atoms with Crippen molar-refractivity contribution in [2.75, 3.05) is 20.3 Å². The van der Waals surface area contributed by atoms with Crippen LogP contribution in [0.15, 0.2) is 24.3 Å². The summed E-state index contributed by atoms with van der Waals surface area (Å²) in [6.07, 6.45) is 0. The topological polar surface area (TPSA) is 44.2 Å². The van der Waals surface area contributed by atoms with Gasteiger partial charge in [-0.25, -0.2) is 0 Å². The smallest absolute Gasteiger partial charge is 0.241 e. The molecule has 2 rings (SSSR count). The number of ether oxygens (including phenoxy) is 2. The van der Waals surface area contributed by atoms with E-state index in [1.165, 1.54) is 0 Å². The summed E-state index contributed by atoms with van der Waals surface area (Å²) in [6, 6.07) is 7.59. The number of rotatable bonds is 4. The van der Waals surface area contributed by atoms with Crippen molar-refractivity contribution >= 4 is 22.4 Å². The van der Waals surface area contributed by atoms with Crippen molar-refractivity contribution in [3.63, 3.8) is 0 Å². The van der Waals surface area contributed by atoms with Gasteiger partial charge in [0.15, 0.2) is 5.15 Å². The summed E-state index contributed by atoms with van der Waals surface area (Å²) < 4.78 is 10.4. The van der Waals surface area contributed by atoms with E-state index >= 15 is 0 Å². The summed E-state index contributed by atoms with van der Waals surface area (Å²) >= 11 is 5.94. The predicted molar refractivity (Wildman–Crippen MR) is 61.9 cm³/mol. The Bertz CT molecular complexity index is 490. The third kappa shape index (κ3) is 2.23. The third-order valence-electron chi connectivity index (χ3n) is 2.13. The molecule has 0 saturated carbocycles. The van der Waals surface area contributed by atoms with Gasteiger partial charge in [-0.3, -0.25) is 0 Å². The lowest BCUT2D eigenvalue weighted by Gasteiger charge is -2.07. The molecular weight excluding hydrogens is 228 g/mol. The molecule has 0 aliphatic carbocycles. The Morgan fingerprint density at radius 3 is 2.62 bits per heavy atom. The van der Waals surface area contributed by atoms with Crippen LogP contribution in [0.5, 0.6) is 5.88 Å². The lowest BCUT2D eigenvalue weighted by Crippen LogP contribution is -2.06. The van der Waals surface area contributed by atoms with Crippen LogP contribution in [0.1, 0.15) is 0 Å². The molecule has 0 fully saturated rings. The summed E-state index contributed by atoms with van der Waals surface area (Å²) in [7, 11) is 1.62. The van der Waals surface area contributed by atoms with Crippen LogP contribution < -0.4 is 4.74 Å². The average Bonchev–Trinajstić information content (AvgIpc) is 2.33. The molecule has 1 aromatic heterocycles. The molecule has 84 valence electrons. The zero-order valence-corrected chi connectivity index (χ0v) is 9.57. The number of benzene rings is 1. The molecular formula is C11H11ClN2O2. The van der Waals surface area contributed by atoms with Gasteiger partial charge in [0, 0.05) is 17.9 Å². The van der Waals surface area contributed by atoms with E-state index in [9.17, 15) is 0 Å². The van der Waals surface area contributed by atoms with Gasteiger partial charge in [0.1, 0.15) is 6.61 Å². The van der Waals surface area contributed by atoms with Crippen LogP contribution in [0.2, 0.25) is 5.15 Å². The van der Waals surface area contributed by atoms with Crippen LogP contribution in [0, 0.1) is 0 Å². The fourth-order valence-corrected chi connectivity index (χ4v) is 1.58. The standard InChI is InChI=1S/C11H11ClN2O2/c1-15-6-7-16-11-9-5-3-2-4-8(9)10(12)13-14-11/h2-5H,6-7H2,1H3. The van der Waals surface area contributed by atoms with Crippen LogP contribution in [0.4, 0.5) is 0 Å². The largest absolute Gasteiger partial charge is 0.474 e. The van der Waals surface area contributed by atoms with E-state index in [4.69, 9.17) is 21.1 Å². The Hall–Kier alpha value is -1.39. The highest BCUT2D eigenvalue weighted by molar-refractivity contribution is 6.34. The van der Waals surface area contributed by atoms with Gasteiger partial charge in [-0.15, -0.1) is 10.2 Å². The van der Waals surface area contributed by atoms with Gasteiger partial charge < -0.3 is 9.47 Å². The van der Waals surface area contributed by atoms with Gasteiger partial charge in [-0.05, 0) is 6.07 Å². The van der Waals surface area contributed by atoms with Gasteiger partial charge in [0.2, 0.25) is 5.88 Å². The second-order valence-electron chi connectivity index (χ2n) is 3.18. The molecule has 0 aliphatic rings. The number of fused-ring (bicyclic) bond motifs is 1. The molecule has 4 nitrogen and oxygen atoms in total.